The topological polar surface area (TPSA) is 54.3 Å². The van der Waals surface area contributed by atoms with E-state index in [4.69, 9.17) is 0 Å². The molecule has 144 valence electrons. The zero-order valence-corrected chi connectivity index (χ0v) is 15.5. The number of halogens is 1. The zero-order valence-electron chi connectivity index (χ0n) is 15.5. The van der Waals surface area contributed by atoms with Crippen molar-refractivity contribution in [2.45, 2.75) is 13.0 Å². The van der Waals surface area contributed by atoms with Crippen LogP contribution in [0.1, 0.15) is 22.3 Å². The van der Waals surface area contributed by atoms with Crippen molar-refractivity contribution in [2.75, 3.05) is 26.2 Å². The van der Waals surface area contributed by atoms with Crippen LogP contribution in [0.2, 0.25) is 0 Å². The molecule has 1 fully saturated rings. The van der Waals surface area contributed by atoms with Crippen molar-refractivity contribution in [3.8, 4) is 5.69 Å². The third kappa shape index (κ3) is 4.26. The molecule has 2 aromatic carbocycles. The van der Waals surface area contributed by atoms with E-state index < -0.39 is 0 Å². The minimum Gasteiger partial charge on any atom is -0.337 e. The van der Waals surface area contributed by atoms with Gasteiger partial charge in [0.25, 0.3) is 5.91 Å². The van der Waals surface area contributed by atoms with E-state index in [1.165, 1.54) is 18.5 Å². The Balaban J connectivity index is 1.37. The number of hydrogen-bond acceptors (Lipinski definition) is 4. The molecule has 0 spiro atoms. The molecule has 2 heterocycles. The van der Waals surface area contributed by atoms with E-state index in [0.29, 0.717) is 12.1 Å². The van der Waals surface area contributed by atoms with Crippen molar-refractivity contribution >= 4 is 5.91 Å². The number of aromatic nitrogens is 3. The van der Waals surface area contributed by atoms with Crippen molar-refractivity contribution in [1.29, 1.82) is 0 Å². The van der Waals surface area contributed by atoms with Gasteiger partial charge >= 0.3 is 0 Å². The van der Waals surface area contributed by atoms with Crippen LogP contribution in [0.4, 0.5) is 4.39 Å². The molecule has 1 aliphatic heterocycles. The molecule has 3 aromatic rings. The summed E-state index contributed by atoms with van der Waals surface area (Å²) in [6.45, 7) is 3.93. The van der Waals surface area contributed by atoms with Crippen LogP contribution in [-0.4, -0.2) is 56.7 Å². The first kappa shape index (κ1) is 18.3. The van der Waals surface area contributed by atoms with Gasteiger partial charge in [-0.3, -0.25) is 9.69 Å². The summed E-state index contributed by atoms with van der Waals surface area (Å²) in [5.74, 6) is -0.167. The fraction of sp³-hybridized carbons (Fsp3) is 0.286. The maximum absolute atomic E-state index is 13.1. The molecule has 7 heteroatoms. The van der Waals surface area contributed by atoms with E-state index in [9.17, 15) is 9.18 Å². The average Bonchev–Trinajstić information content (AvgIpc) is 3.16. The van der Waals surface area contributed by atoms with E-state index in [2.05, 4.69) is 15.0 Å². The fourth-order valence-corrected chi connectivity index (χ4v) is 3.46. The van der Waals surface area contributed by atoms with E-state index in [1.54, 1.807) is 11.0 Å². The lowest BCUT2D eigenvalue weighted by Gasteiger charge is -2.22. The summed E-state index contributed by atoms with van der Waals surface area (Å²) in [4.78, 5) is 21.0. The van der Waals surface area contributed by atoms with Gasteiger partial charge in [-0.05, 0) is 48.4 Å². The third-order valence-corrected chi connectivity index (χ3v) is 4.99. The van der Waals surface area contributed by atoms with Gasteiger partial charge in [-0.15, -0.1) is 0 Å². The zero-order chi connectivity index (χ0) is 19.3. The summed E-state index contributed by atoms with van der Waals surface area (Å²) in [5.41, 5.74) is 2.64. The highest BCUT2D eigenvalue weighted by Crippen LogP contribution is 2.14. The van der Waals surface area contributed by atoms with Crippen molar-refractivity contribution in [1.82, 2.24) is 24.6 Å². The molecule has 0 N–H and O–H groups in total. The lowest BCUT2D eigenvalue weighted by molar-refractivity contribution is 0.0761. The monoisotopic (exact) mass is 379 g/mol. The van der Waals surface area contributed by atoms with Crippen molar-refractivity contribution in [3.05, 3.63) is 78.1 Å². The summed E-state index contributed by atoms with van der Waals surface area (Å²) >= 11 is 0. The van der Waals surface area contributed by atoms with Gasteiger partial charge in [-0.2, -0.15) is 5.10 Å². The second kappa shape index (κ2) is 8.31. The molecular weight excluding hydrogens is 357 g/mol. The number of hydrogen-bond donors (Lipinski definition) is 0. The Labute approximate surface area is 163 Å². The second-order valence-electron chi connectivity index (χ2n) is 6.94. The minimum atomic E-state index is -0.216. The molecule has 1 amide bonds. The summed E-state index contributed by atoms with van der Waals surface area (Å²) in [5, 5.41) is 4.09. The molecule has 4 rings (SSSR count). The Bertz CT molecular complexity index is 909. The van der Waals surface area contributed by atoms with Gasteiger partial charge in [-0.25, -0.2) is 14.1 Å². The Hall–Kier alpha value is -3.06. The van der Waals surface area contributed by atoms with Gasteiger partial charge in [0.2, 0.25) is 0 Å². The van der Waals surface area contributed by atoms with Gasteiger partial charge < -0.3 is 4.90 Å². The number of carbonyl (C=O) groups excluding carboxylic acids is 1. The summed E-state index contributed by atoms with van der Waals surface area (Å²) in [6, 6.07) is 14.0. The van der Waals surface area contributed by atoms with Crippen LogP contribution in [0.5, 0.6) is 0 Å². The highest BCUT2D eigenvalue weighted by molar-refractivity contribution is 5.94. The lowest BCUT2D eigenvalue weighted by atomic mass is 10.1. The van der Waals surface area contributed by atoms with E-state index in [1.807, 2.05) is 41.3 Å². The largest absolute Gasteiger partial charge is 0.337 e. The Kier molecular flexibility index (Phi) is 5.43. The summed E-state index contributed by atoms with van der Waals surface area (Å²) in [6.07, 6.45) is 4.03. The van der Waals surface area contributed by atoms with Crippen molar-refractivity contribution < 1.29 is 9.18 Å². The SMILES string of the molecule is O=C(c1ccc(-n2cncn2)cc1)N1CCCN(Cc2ccc(F)cc2)CC1. The van der Waals surface area contributed by atoms with Crippen LogP contribution in [0.25, 0.3) is 5.69 Å². The van der Waals surface area contributed by atoms with Crippen LogP contribution in [-0.2, 0) is 6.54 Å². The standard InChI is InChI=1S/C21H22FN5O/c22-19-6-2-17(3-7-19)14-25-10-1-11-26(13-12-25)21(28)18-4-8-20(9-5-18)27-16-23-15-24-27/h2-9,15-16H,1,10-14H2. The highest BCUT2D eigenvalue weighted by Gasteiger charge is 2.20. The van der Waals surface area contributed by atoms with Gasteiger partial charge in [-0.1, -0.05) is 12.1 Å². The number of rotatable bonds is 4. The molecule has 0 atom stereocenters. The third-order valence-electron chi connectivity index (χ3n) is 4.99. The first-order valence-corrected chi connectivity index (χ1v) is 9.40. The molecule has 1 saturated heterocycles. The normalized spacial score (nSPS) is 15.4. The minimum absolute atomic E-state index is 0.0498. The van der Waals surface area contributed by atoms with E-state index >= 15 is 0 Å². The molecular formula is C21H22FN5O. The summed E-state index contributed by atoms with van der Waals surface area (Å²) in [7, 11) is 0. The maximum Gasteiger partial charge on any atom is 0.253 e. The number of carbonyl (C=O) groups is 1. The highest BCUT2D eigenvalue weighted by atomic mass is 19.1. The predicted octanol–water partition coefficient (Wildman–Crippen LogP) is 2.75. The predicted molar refractivity (Wildman–Crippen MR) is 104 cm³/mol. The van der Waals surface area contributed by atoms with E-state index in [-0.39, 0.29) is 11.7 Å². The van der Waals surface area contributed by atoms with Crippen molar-refractivity contribution in [2.24, 2.45) is 0 Å². The van der Waals surface area contributed by atoms with Crippen LogP contribution in [0, 0.1) is 5.82 Å². The van der Waals surface area contributed by atoms with Gasteiger partial charge in [0, 0.05) is 38.3 Å². The Morgan fingerprint density at radius 3 is 2.46 bits per heavy atom. The first-order valence-electron chi connectivity index (χ1n) is 9.40. The molecule has 0 aliphatic carbocycles. The molecule has 28 heavy (non-hydrogen) atoms. The van der Waals surface area contributed by atoms with Gasteiger partial charge in [0.1, 0.15) is 18.5 Å². The Morgan fingerprint density at radius 1 is 0.964 bits per heavy atom. The fourth-order valence-electron chi connectivity index (χ4n) is 3.46. The lowest BCUT2D eigenvalue weighted by Crippen LogP contribution is -2.35. The number of amides is 1. The summed E-state index contributed by atoms with van der Waals surface area (Å²) < 4.78 is 14.7. The maximum atomic E-state index is 13.1. The van der Waals surface area contributed by atoms with E-state index in [0.717, 1.165) is 43.9 Å². The van der Waals surface area contributed by atoms with Crippen LogP contribution < -0.4 is 0 Å². The second-order valence-corrected chi connectivity index (χ2v) is 6.94. The molecule has 0 radical (unpaired) electrons. The molecule has 0 unspecified atom stereocenters. The smallest absolute Gasteiger partial charge is 0.253 e. The molecule has 1 aromatic heterocycles. The molecule has 0 saturated carbocycles. The quantitative estimate of drug-likeness (QED) is 0.700. The first-order chi connectivity index (χ1) is 13.7. The molecule has 1 aliphatic rings. The van der Waals surface area contributed by atoms with Crippen LogP contribution in [0.3, 0.4) is 0 Å². The molecule has 0 bridgehead atoms. The van der Waals surface area contributed by atoms with Crippen LogP contribution >= 0.6 is 0 Å². The average molecular weight is 379 g/mol. The van der Waals surface area contributed by atoms with Gasteiger partial charge in [0.15, 0.2) is 0 Å². The van der Waals surface area contributed by atoms with Crippen LogP contribution in [0.15, 0.2) is 61.2 Å². The Morgan fingerprint density at radius 2 is 1.75 bits per heavy atom. The van der Waals surface area contributed by atoms with Gasteiger partial charge in [0.05, 0.1) is 5.69 Å². The number of benzene rings is 2. The molecule has 6 nitrogen and oxygen atoms in total. The van der Waals surface area contributed by atoms with Crippen molar-refractivity contribution in [3.63, 3.8) is 0 Å². The number of nitrogens with zero attached hydrogens (tertiary/aromatic N) is 5.